The van der Waals surface area contributed by atoms with Crippen molar-refractivity contribution < 1.29 is 26.7 Å². The molecule has 4 nitrogen and oxygen atoms in total. The Hall–Kier alpha value is -2.36. The third-order valence-corrected chi connectivity index (χ3v) is 5.50. The maximum absolute atomic E-state index is 12.1. The van der Waals surface area contributed by atoms with E-state index >= 15 is 0 Å². The molecule has 1 aromatic heterocycles. The van der Waals surface area contributed by atoms with Crippen molar-refractivity contribution in [2.45, 2.75) is 66.2 Å². The summed E-state index contributed by atoms with van der Waals surface area (Å²) in [5.41, 5.74) is 4.41. The summed E-state index contributed by atoms with van der Waals surface area (Å²) < 4.78 is 0. The molecule has 0 radical (unpaired) electrons. The van der Waals surface area contributed by atoms with Crippen LogP contribution in [0.5, 0.6) is 11.5 Å². The van der Waals surface area contributed by atoms with E-state index in [1.165, 1.54) is 11.1 Å². The fourth-order valence-corrected chi connectivity index (χ4v) is 3.94. The molecule has 0 spiro atoms. The van der Waals surface area contributed by atoms with E-state index in [-0.39, 0.29) is 21.9 Å². The van der Waals surface area contributed by atoms with Crippen LogP contribution in [0.1, 0.15) is 69.5 Å². The smallest absolute Gasteiger partial charge is 0.873 e. The molecule has 0 aliphatic rings. The topological polar surface area (TPSA) is 71.4 Å². The number of benzene rings is 2. The maximum Gasteiger partial charge on any atom is 2.00 e. The van der Waals surface area contributed by atoms with Crippen molar-refractivity contribution in [3.05, 3.63) is 81.6 Å². The van der Waals surface area contributed by atoms with Crippen molar-refractivity contribution in [3.63, 3.8) is 0 Å². The molecule has 0 atom stereocenters. The number of nitrogens with zero attached hydrogens (tertiary/aromatic N) is 2. The number of para-hydroxylation sites is 1. The Morgan fingerprint density at radius 2 is 1.44 bits per heavy atom. The van der Waals surface area contributed by atoms with Crippen LogP contribution in [0, 0.1) is 13.8 Å². The van der Waals surface area contributed by atoms with Gasteiger partial charge < -0.3 is 10.2 Å². The van der Waals surface area contributed by atoms with Crippen LogP contribution in [0.25, 0.3) is 0 Å². The van der Waals surface area contributed by atoms with Gasteiger partial charge in [-0.3, -0.25) is 9.98 Å². The number of pyridine rings is 1. The van der Waals surface area contributed by atoms with E-state index in [0.717, 1.165) is 11.4 Å². The number of aryl methyl sites for hydroxylation is 2. The first-order chi connectivity index (χ1) is 15.2. The van der Waals surface area contributed by atoms with Crippen LogP contribution in [0.15, 0.2) is 53.7 Å². The molecule has 0 fully saturated rings. The van der Waals surface area contributed by atoms with Crippen LogP contribution >= 0.6 is 11.6 Å². The Balaban J connectivity index is 0.000000331. The average Bonchev–Trinajstić information content (AvgIpc) is 2.70. The van der Waals surface area contributed by atoms with Crippen molar-refractivity contribution in [1.29, 1.82) is 0 Å². The summed E-state index contributed by atoms with van der Waals surface area (Å²) in [7, 11) is 0. The van der Waals surface area contributed by atoms with Crippen LogP contribution in [-0.4, -0.2) is 11.2 Å². The van der Waals surface area contributed by atoms with Gasteiger partial charge in [0.25, 0.3) is 0 Å². The molecular formula is C28H33ClN2NiO2. The first-order valence-corrected chi connectivity index (χ1v) is 11.3. The molecule has 34 heavy (non-hydrogen) atoms. The zero-order valence-electron chi connectivity index (χ0n) is 21.1. The molecule has 3 aromatic rings. The summed E-state index contributed by atoms with van der Waals surface area (Å²) in [5, 5.41) is 24.6. The van der Waals surface area contributed by atoms with Gasteiger partial charge >= 0.3 is 16.5 Å². The van der Waals surface area contributed by atoms with Gasteiger partial charge in [-0.15, -0.1) is 11.5 Å². The fraction of sp³-hybridized carbons (Fsp3) is 0.357. The van der Waals surface area contributed by atoms with E-state index in [1.54, 1.807) is 18.5 Å². The van der Waals surface area contributed by atoms with Crippen LogP contribution in [0.2, 0.25) is 5.02 Å². The Morgan fingerprint density at radius 3 is 1.91 bits per heavy atom. The number of rotatable bonds is 2. The van der Waals surface area contributed by atoms with Crippen molar-refractivity contribution in [3.8, 4) is 11.5 Å². The van der Waals surface area contributed by atoms with Gasteiger partial charge in [0.2, 0.25) is 0 Å². The molecule has 1 heterocycles. The molecule has 3 rings (SSSR count). The number of hydrogen-bond acceptors (Lipinski definition) is 4. The van der Waals surface area contributed by atoms with Gasteiger partial charge in [-0.05, 0) is 65.1 Å². The van der Waals surface area contributed by atoms with Gasteiger partial charge in [0.15, 0.2) is 0 Å². The van der Waals surface area contributed by atoms with E-state index in [0.29, 0.717) is 16.1 Å². The first-order valence-electron chi connectivity index (χ1n) is 11.0. The molecule has 2 aromatic carbocycles. The number of hydrogen-bond donors (Lipinski definition) is 0. The molecule has 6 heteroatoms. The van der Waals surface area contributed by atoms with Crippen LogP contribution in [-0.2, 0) is 27.3 Å². The minimum absolute atomic E-state index is 0. The third-order valence-electron chi connectivity index (χ3n) is 5.20. The molecule has 0 saturated heterocycles. The van der Waals surface area contributed by atoms with Gasteiger partial charge in [0.1, 0.15) is 0 Å². The molecule has 0 N–H and O–H groups in total. The minimum Gasteiger partial charge on any atom is -0.873 e. The summed E-state index contributed by atoms with van der Waals surface area (Å²) in [6.45, 7) is 15.5. The zero-order valence-corrected chi connectivity index (χ0v) is 22.8. The zero-order chi connectivity index (χ0) is 25.0. The van der Waals surface area contributed by atoms with E-state index in [9.17, 15) is 10.2 Å². The molecule has 0 amide bonds. The largest absolute Gasteiger partial charge is 2.00 e. The molecule has 0 saturated carbocycles. The van der Waals surface area contributed by atoms with Crippen LogP contribution in [0.4, 0.5) is 5.69 Å². The SMILES string of the molecule is CC(C)(C)c1cc(Cl)c(C(C)(C)C)c([O-])c1[O-].Cc1cccc(C)c1N=Cc1ccccn1.[Ni+2]. The Labute approximate surface area is 219 Å². The van der Waals surface area contributed by atoms with Gasteiger partial charge in [-0.1, -0.05) is 77.4 Å². The predicted octanol–water partition coefficient (Wildman–Crippen LogP) is 6.53. The summed E-state index contributed by atoms with van der Waals surface area (Å²) >= 11 is 6.16. The van der Waals surface area contributed by atoms with E-state index in [1.807, 2.05) is 65.8 Å². The predicted molar refractivity (Wildman–Crippen MR) is 135 cm³/mol. The summed E-state index contributed by atoms with van der Waals surface area (Å²) in [4.78, 5) is 8.69. The maximum atomic E-state index is 12.1. The number of halogens is 1. The molecule has 184 valence electrons. The number of aromatic nitrogens is 1. The molecule has 0 unspecified atom stereocenters. The van der Waals surface area contributed by atoms with Crippen molar-refractivity contribution >= 4 is 23.5 Å². The van der Waals surface area contributed by atoms with Gasteiger partial charge in [0, 0.05) is 11.2 Å². The minimum atomic E-state index is -0.463. The van der Waals surface area contributed by atoms with E-state index < -0.39 is 16.9 Å². The third kappa shape index (κ3) is 7.58. The summed E-state index contributed by atoms with van der Waals surface area (Å²) in [6.07, 6.45) is 3.57. The quantitative estimate of drug-likeness (QED) is 0.283. The fourth-order valence-electron chi connectivity index (χ4n) is 3.46. The molecule has 0 aliphatic carbocycles. The van der Waals surface area contributed by atoms with Gasteiger partial charge in [-0.25, -0.2) is 0 Å². The summed E-state index contributed by atoms with van der Waals surface area (Å²) in [5.74, 6) is -0.887. The monoisotopic (exact) mass is 522 g/mol. The Bertz CT molecular complexity index is 1110. The van der Waals surface area contributed by atoms with Crippen LogP contribution in [0.3, 0.4) is 0 Å². The molecular weight excluding hydrogens is 490 g/mol. The first kappa shape index (κ1) is 29.7. The molecule has 0 bridgehead atoms. The van der Waals surface area contributed by atoms with Gasteiger partial charge in [0.05, 0.1) is 17.6 Å². The van der Waals surface area contributed by atoms with Crippen molar-refractivity contribution in [2.75, 3.05) is 0 Å². The normalized spacial score (nSPS) is 11.6. The van der Waals surface area contributed by atoms with Gasteiger partial charge in [-0.2, -0.15) is 0 Å². The van der Waals surface area contributed by atoms with Crippen molar-refractivity contribution in [2.24, 2.45) is 4.99 Å². The second-order valence-corrected chi connectivity index (χ2v) is 10.6. The second kappa shape index (κ2) is 11.9. The standard InChI is InChI=1S/C14H21ClO2.C14H14N2.Ni/c1-13(2,3)8-7-9(15)10(14(4,5)6)12(17)11(8)16;1-11-6-5-7-12(2)14(11)16-10-13-8-3-4-9-15-13;/h7,16-17H,1-6H3;3-10H,1-2H3;/q;;+2/p-2. The van der Waals surface area contributed by atoms with Crippen molar-refractivity contribution in [1.82, 2.24) is 4.98 Å². The average molecular weight is 524 g/mol. The Morgan fingerprint density at radius 1 is 0.853 bits per heavy atom. The summed E-state index contributed by atoms with van der Waals surface area (Å²) in [6, 6.07) is 13.6. The van der Waals surface area contributed by atoms with E-state index in [2.05, 4.69) is 36.0 Å². The Kier molecular flexibility index (Phi) is 10.4. The second-order valence-electron chi connectivity index (χ2n) is 10.2. The number of aliphatic imine (C=N–C) groups is 1. The molecule has 0 aliphatic heterocycles. The van der Waals surface area contributed by atoms with Crippen LogP contribution < -0.4 is 10.2 Å². The van der Waals surface area contributed by atoms with E-state index in [4.69, 9.17) is 11.6 Å².